The number of carbonyl (C=O) groups excluding carboxylic acids is 1. The highest BCUT2D eigenvalue weighted by Crippen LogP contribution is 2.41. The predicted octanol–water partition coefficient (Wildman–Crippen LogP) is 4.16. The summed E-state index contributed by atoms with van der Waals surface area (Å²) in [5.74, 6) is 0.297. The van der Waals surface area contributed by atoms with E-state index in [1.807, 2.05) is 24.3 Å². The van der Waals surface area contributed by atoms with Crippen molar-refractivity contribution in [1.29, 1.82) is 0 Å². The largest absolute Gasteiger partial charge is 0.294 e. The van der Waals surface area contributed by atoms with Gasteiger partial charge < -0.3 is 0 Å². The van der Waals surface area contributed by atoms with Crippen LogP contribution in [0.3, 0.4) is 0 Å². The smallest absolute Gasteiger partial charge is 0.164 e. The average Bonchev–Trinajstić information content (AvgIpc) is 2.71. The summed E-state index contributed by atoms with van der Waals surface area (Å²) in [5.41, 5.74) is 3.51. The zero-order valence-electron chi connectivity index (χ0n) is 11.2. The summed E-state index contributed by atoms with van der Waals surface area (Å²) in [6.45, 7) is 2.22. The van der Waals surface area contributed by atoms with E-state index in [0.29, 0.717) is 12.2 Å². The zero-order valence-corrected chi connectivity index (χ0v) is 11.2. The highest BCUT2D eigenvalue weighted by Gasteiger charge is 2.38. The van der Waals surface area contributed by atoms with Gasteiger partial charge in [0.2, 0.25) is 0 Å². The number of hydrogen-bond donors (Lipinski definition) is 0. The molecule has 3 rings (SSSR count). The molecule has 0 N–H and O–H groups in total. The van der Waals surface area contributed by atoms with Gasteiger partial charge in [-0.2, -0.15) is 0 Å². The molecule has 2 aromatic carbocycles. The van der Waals surface area contributed by atoms with Crippen molar-refractivity contribution in [3.05, 3.63) is 71.3 Å². The number of ketones is 1. The Labute approximate surface area is 114 Å². The van der Waals surface area contributed by atoms with Crippen molar-refractivity contribution in [2.45, 2.75) is 31.6 Å². The maximum atomic E-state index is 12.1. The normalized spacial score (nSPS) is 21.4. The third kappa shape index (κ3) is 2.21. The molecule has 1 heteroatoms. The van der Waals surface area contributed by atoms with Gasteiger partial charge in [-0.3, -0.25) is 4.79 Å². The van der Waals surface area contributed by atoms with Crippen molar-refractivity contribution >= 4 is 5.78 Å². The molecule has 1 aliphatic rings. The fourth-order valence-electron chi connectivity index (χ4n) is 3.09. The molecule has 2 aromatic rings. The summed E-state index contributed by atoms with van der Waals surface area (Å²) in [6.07, 6.45) is 2.71. The molecule has 0 saturated carbocycles. The fourth-order valence-corrected chi connectivity index (χ4v) is 3.09. The van der Waals surface area contributed by atoms with Crippen LogP contribution in [0.1, 0.15) is 41.3 Å². The molecule has 1 atom stereocenters. The van der Waals surface area contributed by atoms with Crippen LogP contribution in [0.4, 0.5) is 0 Å². The van der Waals surface area contributed by atoms with Crippen LogP contribution in [0.2, 0.25) is 0 Å². The second-order valence-electron chi connectivity index (χ2n) is 5.69. The Balaban J connectivity index is 1.83. The lowest BCUT2D eigenvalue weighted by Gasteiger charge is -2.24. The topological polar surface area (TPSA) is 17.1 Å². The van der Waals surface area contributed by atoms with E-state index in [-0.39, 0.29) is 5.41 Å². The predicted molar refractivity (Wildman–Crippen MR) is 77.5 cm³/mol. The van der Waals surface area contributed by atoms with Gasteiger partial charge >= 0.3 is 0 Å². The Hall–Kier alpha value is -1.89. The zero-order chi connectivity index (χ0) is 13.3. The molecule has 19 heavy (non-hydrogen) atoms. The lowest BCUT2D eigenvalue weighted by molar-refractivity contribution is 0.0974. The molecule has 0 saturated heterocycles. The van der Waals surface area contributed by atoms with Crippen molar-refractivity contribution in [2.24, 2.45) is 0 Å². The van der Waals surface area contributed by atoms with Gasteiger partial charge in [-0.05, 0) is 24.0 Å². The van der Waals surface area contributed by atoms with Crippen LogP contribution in [-0.2, 0) is 11.8 Å². The lowest BCUT2D eigenvalue weighted by Crippen LogP contribution is -2.19. The van der Waals surface area contributed by atoms with Gasteiger partial charge in [-0.15, -0.1) is 0 Å². The van der Waals surface area contributed by atoms with E-state index >= 15 is 0 Å². The van der Waals surface area contributed by atoms with E-state index < -0.39 is 0 Å². The molecule has 1 aliphatic carbocycles. The number of rotatable bonds is 3. The summed E-state index contributed by atoms with van der Waals surface area (Å²) in [7, 11) is 0. The average molecular weight is 250 g/mol. The van der Waals surface area contributed by atoms with E-state index in [1.54, 1.807) is 0 Å². The van der Waals surface area contributed by atoms with Crippen LogP contribution in [0.15, 0.2) is 54.6 Å². The van der Waals surface area contributed by atoms with Crippen LogP contribution in [0, 0.1) is 0 Å². The molecule has 0 unspecified atom stereocenters. The molecule has 0 fully saturated rings. The number of fused-ring (bicyclic) bond motifs is 1. The Kier molecular flexibility index (Phi) is 2.98. The molecule has 0 bridgehead atoms. The van der Waals surface area contributed by atoms with Crippen LogP contribution >= 0.6 is 0 Å². The van der Waals surface area contributed by atoms with E-state index in [2.05, 4.69) is 37.3 Å². The van der Waals surface area contributed by atoms with E-state index in [1.165, 1.54) is 11.1 Å². The van der Waals surface area contributed by atoms with Crippen molar-refractivity contribution < 1.29 is 4.79 Å². The van der Waals surface area contributed by atoms with Crippen molar-refractivity contribution in [1.82, 2.24) is 0 Å². The van der Waals surface area contributed by atoms with Crippen molar-refractivity contribution in [3.8, 4) is 0 Å². The molecular formula is C18H18O. The first-order valence-electron chi connectivity index (χ1n) is 6.86. The van der Waals surface area contributed by atoms with Gasteiger partial charge in [0.25, 0.3) is 0 Å². The Bertz CT molecular complexity index is 600. The van der Waals surface area contributed by atoms with Crippen LogP contribution < -0.4 is 0 Å². The monoisotopic (exact) mass is 250 g/mol. The van der Waals surface area contributed by atoms with E-state index in [4.69, 9.17) is 0 Å². The highest BCUT2D eigenvalue weighted by atomic mass is 16.1. The minimum absolute atomic E-state index is 0.00349. The first-order chi connectivity index (χ1) is 9.19. The molecule has 0 radical (unpaired) electrons. The Morgan fingerprint density at radius 2 is 1.68 bits per heavy atom. The second kappa shape index (κ2) is 4.65. The number of hydrogen-bond acceptors (Lipinski definition) is 1. The Morgan fingerprint density at radius 1 is 1.00 bits per heavy atom. The standard InChI is InChI=1S/C18H18O/c1-18(12-11-14-7-3-2-4-8-14)13-17(19)15-9-5-6-10-16(15)18/h2-10H,11-13H2,1H3/t18-/m0/s1. The van der Waals surface area contributed by atoms with Gasteiger partial charge in [-0.25, -0.2) is 0 Å². The first-order valence-corrected chi connectivity index (χ1v) is 6.86. The lowest BCUT2D eigenvalue weighted by atomic mass is 9.79. The number of benzene rings is 2. The molecule has 96 valence electrons. The maximum Gasteiger partial charge on any atom is 0.164 e. The summed E-state index contributed by atoms with van der Waals surface area (Å²) in [4.78, 5) is 12.1. The molecule has 0 aliphatic heterocycles. The molecule has 1 nitrogen and oxygen atoms in total. The van der Waals surface area contributed by atoms with Gasteiger partial charge in [0.1, 0.15) is 0 Å². The molecular weight excluding hydrogens is 232 g/mol. The van der Waals surface area contributed by atoms with Gasteiger partial charge in [0.05, 0.1) is 0 Å². The third-order valence-corrected chi connectivity index (χ3v) is 4.24. The number of aryl methyl sites for hydroxylation is 1. The number of carbonyl (C=O) groups is 1. The van der Waals surface area contributed by atoms with E-state index in [9.17, 15) is 4.79 Å². The summed E-state index contributed by atoms with van der Waals surface area (Å²) >= 11 is 0. The van der Waals surface area contributed by atoms with Gasteiger partial charge in [-0.1, -0.05) is 61.5 Å². The minimum Gasteiger partial charge on any atom is -0.294 e. The SMILES string of the molecule is C[C@]1(CCc2ccccc2)CC(=O)c2ccccc21. The van der Waals surface area contributed by atoms with Crippen LogP contribution in [-0.4, -0.2) is 5.78 Å². The molecule has 0 amide bonds. The fraction of sp³-hybridized carbons (Fsp3) is 0.278. The summed E-state index contributed by atoms with van der Waals surface area (Å²) < 4.78 is 0. The number of Topliss-reactive ketones (excluding diaryl/α,β-unsaturated/α-hetero) is 1. The summed E-state index contributed by atoms with van der Waals surface area (Å²) in [6, 6.07) is 18.6. The minimum atomic E-state index is 0.00349. The second-order valence-corrected chi connectivity index (χ2v) is 5.69. The molecule has 0 heterocycles. The third-order valence-electron chi connectivity index (χ3n) is 4.24. The highest BCUT2D eigenvalue weighted by molar-refractivity contribution is 6.02. The molecule has 0 spiro atoms. The van der Waals surface area contributed by atoms with Crippen LogP contribution in [0.5, 0.6) is 0 Å². The maximum absolute atomic E-state index is 12.1. The summed E-state index contributed by atoms with van der Waals surface area (Å²) in [5, 5.41) is 0. The van der Waals surface area contributed by atoms with Crippen LogP contribution in [0.25, 0.3) is 0 Å². The van der Waals surface area contributed by atoms with Crippen molar-refractivity contribution in [3.63, 3.8) is 0 Å². The quantitative estimate of drug-likeness (QED) is 0.799. The van der Waals surface area contributed by atoms with Gasteiger partial charge in [0, 0.05) is 17.4 Å². The van der Waals surface area contributed by atoms with Crippen molar-refractivity contribution in [2.75, 3.05) is 0 Å². The molecule has 0 aromatic heterocycles. The Morgan fingerprint density at radius 3 is 2.47 bits per heavy atom. The first kappa shape index (κ1) is 12.2. The van der Waals surface area contributed by atoms with E-state index in [0.717, 1.165) is 18.4 Å². The van der Waals surface area contributed by atoms with Gasteiger partial charge in [0.15, 0.2) is 5.78 Å².